The molecule has 5 fully saturated rings. The summed E-state index contributed by atoms with van der Waals surface area (Å²) < 4.78 is 12.5. The summed E-state index contributed by atoms with van der Waals surface area (Å²) in [6.45, 7) is 2.20. The predicted octanol–water partition coefficient (Wildman–Crippen LogP) is 3.50. The van der Waals surface area contributed by atoms with E-state index >= 15 is 0 Å². The summed E-state index contributed by atoms with van der Waals surface area (Å²) in [5.41, 5.74) is 0.532. The molecular formula is C15H24OS. The Kier molecular flexibility index (Phi) is 2.32. The van der Waals surface area contributed by atoms with Gasteiger partial charge in [0.1, 0.15) is 0 Å². The molecule has 1 heterocycles. The van der Waals surface area contributed by atoms with E-state index in [9.17, 15) is 4.21 Å². The highest BCUT2D eigenvalue weighted by molar-refractivity contribution is 7.86. The van der Waals surface area contributed by atoms with Crippen LogP contribution in [0.1, 0.15) is 58.3 Å². The lowest BCUT2D eigenvalue weighted by atomic mass is 9.48. The van der Waals surface area contributed by atoms with Crippen LogP contribution in [-0.4, -0.2) is 14.7 Å². The Bertz CT molecular complexity index is 327. The van der Waals surface area contributed by atoms with Crippen molar-refractivity contribution < 1.29 is 4.21 Å². The Labute approximate surface area is 107 Å². The normalized spacial score (nSPS) is 61.0. The maximum absolute atomic E-state index is 12.5. The van der Waals surface area contributed by atoms with Crippen LogP contribution >= 0.6 is 0 Å². The molecule has 0 aromatic rings. The van der Waals surface area contributed by atoms with E-state index in [0.717, 1.165) is 17.8 Å². The fraction of sp³-hybridized carbons (Fsp3) is 1.00. The van der Waals surface area contributed by atoms with E-state index in [1.165, 1.54) is 51.4 Å². The summed E-state index contributed by atoms with van der Waals surface area (Å²) in [7, 11) is -0.518. The molecule has 0 spiro atoms. The Morgan fingerprint density at radius 1 is 0.941 bits per heavy atom. The molecule has 5 rings (SSSR count). The summed E-state index contributed by atoms with van der Waals surface area (Å²) in [5.74, 6) is 3.03. The van der Waals surface area contributed by atoms with E-state index in [2.05, 4.69) is 6.92 Å². The summed E-state index contributed by atoms with van der Waals surface area (Å²) >= 11 is 0. The van der Waals surface area contributed by atoms with Crippen LogP contribution in [0.5, 0.6) is 0 Å². The van der Waals surface area contributed by atoms with Crippen molar-refractivity contribution in [3.63, 3.8) is 0 Å². The second-order valence-electron chi connectivity index (χ2n) is 7.49. The maximum atomic E-state index is 12.5. The van der Waals surface area contributed by atoms with Gasteiger partial charge in [-0.05, 0) is 74.5 Å². The van der Waals surface area contributed by atoms with Crippen molar-refractivity contribution in [1.29, 1.82) is 0 Å². The Morgan fingerprint density at radius 3 is 1.88 bits per heavy atom. The van der Waals surface area contributed by atoms with E-state index in [0.29, 0.717) is 15.9 Å². The molecule has 5 aliphatic rings. The minimum Gasteiger partial charge on any atom is -0.259 e. The van der Waals surface area contributed by atoms with Gasteiger partial charge in [-0.15, -0.1) is 0 Å². The van der Waals surface area contributed by atoms with Gasteiger partial charge in [-0.3, -0.25) is 4.21 Å². The van der Waals surface area contributed by atoms with Gasteiger partial charge in [-0.1, -0.05) is 6.92 Å². The molecule has 1 aliphatic heterocycles. The largest absolute Gasteiger partial charge is 0.259 e. The standard InChI is InChI=1S/C15H24OS/c1-10-2-3-14(17(10)16)15-7-11-4-12(8-15)6-13(5-11)9-15/h10-14H,2-9H2,1H3. The van der Waals surface area contributed by atoms with Crippen LogP contribution in [0.15, 0.2) is 0 Å². The molecule has 1 nitrogen and oxygen atoms in total. The van der Waals surface area contributed by atoms with Gasteiger partial charge in [-0.25, -0.2) is 0 Å². The predicted molar refractivity (Wildman–Crippen MR) is 71.2 cm³/mol. The minimum atomic E-state index is -0.518. The van der Waals surface area contributed by atoms with E-state index < -0.39 is 10.8 Å². The number of rotatable bonds is 1. The highest BCUT2D eigenvalue weighted by Gasteiger charge is 2.56. The molecular weight excluding hydrogens is 228 g/mol. The lowest BCUT2D eigenvalue weighted by molar-refractivity contribution is -0.0540. The average Bonchev–Trinajstić information content (AvgIpc) is 2.58. The molecule has 96 valence electrons. The van der Waals surface area contributed by atoms with Gasteiger partial charge < -0.3 is 0 Å². The van der Waals surface area contributed by atoms with Gasteiger partial charge in [0, 0.05) is 21.3 Å². The van der Waals surface area contributed by atoms with Crippen molar-refractivity contribution in [1.82, 2.24) is 0 Å². The zero-order chi connectivity index (χ0) is 11.6. The number of hydrogen-bond acceptors (Lipinski definition) is 1. The fourth-order valence-corrected chi connectivity index (χ4v) is 8.10. The molecule has 4 aliphatic carbocycles. The van der Waals surface area contributed by atoms with Crippen molar-refractivity contribution in [2.75, 3.05) is 0 Å². The van der Waals surface area contributed by atoms with Crippen LogP contribution in [0.4, 0.5) is 0 Å². The first kappa shape index (κ1) is 11.0. The van der Waals surface area contributed by atoms with Crippen molar-refractivity contribution in [2.24, 2.45) is 23.2 Å². The van der Waals surface area contributed by atoms with Crippen LogP contribution < -0.4 is 0 Å². The molecule has 4 bridgehead atoms. The number of hydrogen-bond donors (Lipinski definition) is 0. The molecule has 3 unspecified atom stereocenters. The Balaban J connectivity index is 1.66. The first-order valence-electron chi connectivity index (χ1n) is 7.56. The lowest BCUT2D eigenvalue weighted by Crippen LogP contribution is -2.52. The second-order valence-corrected chi connectivity index (χ2v) is 9.52. The van der Waals surface area contributed by atoms with Crippen LogP contribution in [0.2, 0.25) is 0 Å². The molecule has 0 radical (unpaired) electrons. The molecule has 3 atom stereocenters. The fourth-order valence-electron chi connectivity index (χ4n) is 6.02. The third kappa shape index (κ3) is 1.52. The average molecular weight is 252 g/mol. The topological polar surface area (TPSA) is 17.1 Å². The van der Waals surface area contributed by atoms with Crippen molar-refractivity contribution in [2.45, 2.75) is 68.8 Å². The van der Waals surface area contributed by atoms with Crippen LogP contribution in [0, 0.1) is 23.2 Å². The first-order chi connectivity index (χ1) is 8.16. The molecule has 1 saturated heterocycles. The monoisotopic (exact) mass is 252 g/mol. The summed E-state index contributed by atoms with van der Waals surface area (Å²) in [6, 6.07) is 0. The summed E-state index contributed by atoms with van der Waals surface area (Å²) in [6.07, 6.45) is 11.3. The SMILES string of the molecule is CC1CCC(C23CC4CC(CC(C4)C2)C3)S1=O. The summed E-state index contributed by atoms with van der Waals surface area (Å²) in [5, 5.41) is 1.05. The van der Waals surface area contributed by atoms with Crippen molar-refractivity contribution in [3.05, 3.63) is 0 Å². The van der Waals surface area contributed by atoms with E-state index in [-0.39, 0.29) is 0 Å². The quantitative estimate of drug-likeness (QED) is 0.698. The first-order valence-corrected chi connectivity index (χ1v) is 8.83. The third-order valence-electron chi connectivity index (χ3n) is 6.28. The van der Waals surface area contributed by atoms with E-state index in [1.54, 1.807) is 0 Å². The van der Waals surface area contributed by atoms with Crippen LogP contribution in [-0.2, 0) is 10.8 Å². The second kappa shape index (κ2) is 3.59. The van der Waals surface area contributed by atoms with Gasteiger partial charge in [0.2, 0.25) is 0 Å². The molecule has 17 heavy (non-hydrogen) atoms. The molecule has 2 heteroatoms. The minimum absolute atomic E-state index is 0.480. The molecule has 4 saturated carbocycles. The molecule has 0 aromatic heterocycles. The molecule has 0 amide bonds. The van der Waals surface area contributed by atoms with Crippen molar-refractivity contribution >= 4 is 10.8 Å². The smallest absolute Gasteiger partial charge is 0.0407 e. The van der Waals surface area contributed by atoms with Gasteiger partial charge in [-0.2, -0.15) is 0 Å². The summed E-state index contributed by atoms with van der Waals surface area (Å²) in [4.78, 5) is 0. The molecule has 0 aromatic carbocycles. The van der Waals surface area contributed by atoms with E-state index in [1.807, 2.05) is 0 Å². The van der Waals surface area contributed by atoms with E-state index in [4.69, 9.17) is 0 Å². The van der Waals surface area contributed by atoms with Gasteiger partial charge in [0.05, 0.1) is 0 Å². The zero-order valence-corrected chi connectivity index (χ0v) is 11.7. The third-order valence-corrected chi connectivity index (χ3v) is 8.61. The van der Waals surface area contributed by atoms with Gasteiger partial charge in [0.25, 0.3) is 0 Å². The van der Waals surface area contributed by atoms with Gasteiger partial charge in [0.15, 0.2) is 0 Å². The highest BCUT2D eigenvalue weighted by atomic mass is 32.2. The van der Waals surface area contributed by atoms with Crippen molar-refractivity contribution in [3.8, 4) is 0 Å². The maximum Gasteiger partial charge on any atom is 0.0407 e. The lowest BCUT2D eigenvalue weighted by Gasteiger charge is -2.58. The Hall–Kier alpha value is 0.150. The Morgan fingerprint density at radius 2 is 1.47 bits per heavy atom. The molecule has 0 N–H and O–H groups in total. The van der Waals surface area contributed by atoms with Gasteiger partial charge >= 0.3 is 0 Å². The van der Waals surface area contributed by atoms with Crippen LogP contribution in [0.25, 0.3) is 0 Å². The zero-order valence-electron chi connectivity index (χ0n) is 10.9. The highest BCUT2D eigenvalue weighted by Crippen LogP contribution is 2.63. The van der Waals surface area contributed by atoms with Crippen LogP contribution in [0.3, 0.4) is 0 Å².